The van der Waals surface area contributed by atoms with Crippen molar-refractivity contribution < 1.29 is 4.74 Å². The van der Waals surface area contributed by atoms with E-state index in [4.69, 9.17) is 10.6 Å². The third-order valence-corrected chi connectivity index (χ3v) is 3.35. The van der Waals surface area contributed by atoms with Crippen molar-refractivity contribution in [2.75, 3.05) is 44.0 Å². The molecule has 20 heavy (non-hydrogen) atoms. The van der Waals surface area contributed by atoms with Gasteiger partial charge in [-0.25, -0.2) is 15.8 Å². The molecule has 1 saturated heterocycles. The predicted molar refractivity (Wildman–Crippen MR) is 79.3 cm³/mol. The number of aromatic nitrogens is 2. The maximum absolute atomic E-state index is 5.41. The lowest BCUT2D eigenvalue weighted by atomic mass is 10.4. The molecule has 0 saturated carbocycles. The van der Waals surface area contributed by atoms with E-state index >= 15 is 0 Å². The average molecular weight is 280 g/mol. The Labute approximate surface area is 119 Å². The summed E-state index contributed by atoms with van der Waals surface area (Å²) in [5, 5.41) is 3.31. The summed E-state index contributed by atoms with van der Waals surface area (Å²) in [5.41, 5.74) is 2.55. The smallest absolute Gasteiger partial charge is 0.158 e. The molecule has 0 amide bonds. The van der Waals surface area contributed by atoms with Gasteiger partial charge in [0, 0.05) is 19.7 Å². The highest BCUT2D eigenvalue weighted by molar-refractivity contribution is 5.46. The molecule has 7 nitrogen and oxygen atoms in total. The number of nitrogen functional groups attached to an aromatic ring is 1. The fourth-order valence-corrected chi connectivity index (χ4v) is 2.38. The fraction of sp³-hybridized carbons (Fsp3) is 0.692. The number of nitrogens with one attached hydrogen (secondary N) is 2. The van der Waals surface area contributed by atoms with Gasteiger partial charge in [-0.3, -0.25) is 0 Å². The average Bonchev–Trinajstić information content (AvgIpc) is 2.97. The second-order valence-corrected chi connectivity index (χ2v) is 4.96. The molecule has 4 N–H and O–H groups in total. The van der Waals surface area contributed by atoms with Crippen molar-refractivity contribution in [2.24, 2.45) is 5.84 Å². The van der Waals surface area contributed by atoms with Crippen molar-refractivity contribution in [3.63, 3.8) is 0 Å². The van der Waals surface area contributed by atoms with Gasteiger partial charge in [0.1, 0.15) is 18.2 Å². The van der Waals surface area contributed by atoms with Crippen LogP contribution in [0.5, 0.6) is 0 Å². The summed E-state index contributed by atoms with van der Waals surface area (Å²) >= 11 is 0. The molecule has 2 rings (SSSR count). The molecule has 112 valence electrons. The molecule has 0 aromatic carbocycles. The first-order valence-corrected chi connectivity index (χ1v) is 7.11. The van der Waals surface area contributed by atoms with Crippen LogP contribution in [0.25, 0.3) is 0 Å². The number of likely N-dealkylation sites (tertiary alicyclic amines) is 1. The Balaban J connectivity index is 1.79. The van der Waals surface area contributed by atoms with Crippen LogP contribution in [0.1, 0.15) is 25.1 Å². The molecule has 1 aliphatic rings. The standard InChI is InChI=1S/C13H24N6O/c1-20-10-13-16-11(9-12(17-13)18-14)15-5-4-8-19-6-2-3-7-19/h9H,2-8,10,14H2,1H3,(H2,15,16,17,18). The number of ether oxygens (including phenoxy) is 1. The third-order valence-electron chi connectivity index (χ3n) is 3.35. The monoisotopic (exact) mass is 280 g/mol. The lowest BCUT2D eigenvalue weighted by Crippen LogP contribution is -2.22. The van der Waals surface area contributed by atoms with E-state index in [1.54, 1.807) is 13.2 Å². The van der Waals surface area contributed by atoms with Crippen LogP contribution in [0.3, 0.4) is 0 Å². The summed E-state index contributed by atoms with van der Waals surface area (Å²) < 4.78 is 5.05. The molecule has 7 heteroatoms. The lowest BCUT2D eigenvalue weighted by molar-refractivity contribution is 0.178. The Morgan fingerprint density at radius 2 is 2.05 bits per heavy atom. The van der Waals surface area contributed by atoms with Crippen LogP contribution in [-0.2, 0) is 11.3 Å². The molecule has 2 heterocycles. The zero-order valence-electron chi connectivity index (χ0n) is 12.1. The van der Waals surface area contributed by atoms with Crippen LogP contribution in [0, 0.1) is 0 Å². The minimum atomic E-state index is 0.373. The number of methoxy groups -OCH3 is 1. The van der Waals surface area contributed by atoms with Crippen molar-refractivity contribution in [2.45, 2.75) is 25.9 Å². The highest BCUT2D eigenvalue weighted by Crippen LogP contribution is 2.11. The number of anilines is 2. The first-order valence-electron chi connectivity index (χ1n) is 7.11. The molecule has 0 aliphatic carbocycles. The van der Waals surface area contributed by atoms with E-state index in [2.05, 4.69) is 25.6 Å². The van der Waals surface area contributed by atoms with Gasteiger partial charge in [-0.15, -0.1) is 0 Å². The van der Waals surface area contributed by atoms with Gasteiger partial charge in [-0.2, -0.15) is 0 Å². The highest BCUT2D eigenvalue weighted by atomic mass is 16.5. The fourth-order valence-electron chi connectivity index (χ4n) is 2.38. The van der Waals surface area contributed by atoms with Crippen LogP contribution in [0.15, 0.2) is 6.07 Å². The SMILES string of the molecule is COCc1nc(NN)cc(NCCCN2CCCC2)n1. The van der Waals surface area contributed by atoms with Gasteiger partial charge >= 0.3 is 0 Å². The first-order chi connectivity index (χ1) is 9.81. The summed E-state index contributed by atoms with van der Waals surface area (Å²) in [6, 6.07) is 1.80. The van der Waals surface area contributed by atoms with E-state index in [1.165, 1.54) is 25.9 Å². The Hall–Kier alpha value is -1.44. The second kappa shape index (κ2) is 7.98. The summed E-state index contributed by atoms with van der Waals surface area (Å²) in [6.07, 6.45) is 3.78. The topological polar surface area (TPSA) is 88.3 Å². The quantitative estimate of drug-likeness (QED) is 0.369. The molecule has 1 aromatic rings. The van der Waals surface area contributed by atoms with Gasteiger partial charge < -0.3 is 20.4 Å². The van der Waals surface area contributed by atoms with Crippen molar-refractivity contribution >= 4 is 11.6 Å². The van der Waals surface area contributed by atoms with Crippen LogP contribution in [0.2, 0.25) is 0 Å². The van der Waals surface area contributed by atoms with Gasteiger partial charge in [0.05, 0.1) is 0 Å². The Morgan fingerprint density at radius 1 is 1.30 bits per heavy atom. The largest absolute Gasteiger partial charge is 0.377 e. The summed E-state index contributed by atoms with van der Waals surface area (Å²) in [7, 11) is 1.62. The minimum absolute atomic E-state index is 0.373. The second-order valence-electron chi connectivity index (χ2n) is 4.96. The highest BCUT2D eigenvalue weighted by Gasteiger charge is 2.10. The number of rotatable bonds is 8. The predicted octanol–water partition coefficient (Wildman–Crippen LogP) is 0.806. The van der Waals surface area contributed by atoms with E-state index in [0.29, 0.717) is 18.2 Å². The first kappa shape index (κ1) is 15.0. The molecule has 0 unspecified atom stereocenters. The van der Waals surface area contributed by atoms with Crippen LogP contribution in [-0.4, -0.2) is 48.2 Å². The Bertz CT molecular complexity index is 408. The van der Waals surface area contributed by atoms with Crippen molar-refractivity contribution in [3.05, 3.63) is 11.9 Å². The molecule has 1 aromatic heterocycles. The van der Waals surface area contributed by atoms with Gasteiger partial charge in [0.25, 0.3) is 0 Å². The summed E-state index contributed by atoms with van der Waals surface area (Å²) in [4.78, 5) is 11.1. The maximum atomic E-state index is 5.41. The molecular formula is C13H24N6O. The maximum Gasteiger partial charge on any atom is 0.158 e. The Kier molecular flexibility index (Phi) is 5.97. The molecule has 1 aliphatic heterocycles. The van der Waals surface area contributed by atoms with Gasteiger partial charge in [-0.05, 0) is 38.9 Å². The van der Waals surface area contributed by atoms with Gasteiger partial charge in [0.2, 0.25) is 0 Å². The van der Waals surface area contributed by atoms with E-state index in [0.717, 1.165) is 25.3 Å². The van der Waals surface area contributed by atoms with Crippen molar-refractivity contribution in [3.8, 4) is 0 Å². The molecule has 1 fully saturated rings. The molecule has 0 bridgehead atoms. The van der Waals surface area contributed by atoms with E-state index in [-0.39, 0.29) is 0 Å². The van der Waals surface area contributed by atoms with Crippen LogP contribution in [0.4, 0.5) is 11.6 Å². The Morgan fingerprint density at radius 3 is 2.75 bits per heavy atom. The normalized spacial score (nSPS) is 15.5. The number of nitrogens with zero attached hydrogens (tertiary/aromatic N) is 3. The van der Waals surface area contributed by atoms with E-state index < -0.39 is 0 Å². The molecule has 0 atom stereocenters. The van der Waals surface area contributed by atoms with Gasteiger partial charge in [0.15, 0.2) is 5.82 Å². The zero-order valence-corrected chi connectivity index (χ0v) is 12.1. The number of nitrogens with two attached hydrogens (primary N) is 1. The van der Waals surface area contributed by atoms with Crippen molar-refractivity contribution in [1.82, 2.24) is 14.9 Å². The molecule has 0 radical (unpaired) electrons. The summed E-state index contributed by atoms with van der Waals surface area (Å²) in [5.74, 6) is 7.39. The summed E-state index contributed by atoms with van der Waals surface area (Å²) in [6.45, 7) is 4.90. The van der Waals surface area contributed by atoms with Crippen LogP contribution < -0.4 is 16.6 Å². The zero-order chi connectivity index (χ0) is 14.2. The molecular weight excluding hydrogens is 256 g/mol. The van der Waals surface area contributed by atoms with E-state index in [1.807, 2.05) is 0 Å². The number of hydrazine groups is 1. The van der Waals surface area contributed by atoms with Crippen molar-refractivity contribution in [1.29, 1.82) is 0 Å². The van der Waals surface area contributed by atoms with Crippen LogP contribution >= 0.6 is 0 Å². The minimum Gasteiger partial charge on any atom is -0.377 e. The van der Waals surface area contributed by atoms with E-state index in [9.17, 15) is 0 Å². The number of hydrogen-bond acceptors (Lipinski definition) is 7. The van der Waals surface area contributed by atoms with Gasteiger partial charge in [-0.1, -0.05) is 0 Å². The molecule has 0 spiro atoms. The lowest BCUT2D eigenvalue weighted by Gasteiger charge is -2.14. The number of hydrogen-bond donors (Lipinski definition) is 3. The third kappa shape index (κ3) is 4.59.